The number of fused-ring (bicyclic) bond motifs is 2. The fourth-order valence-electron chi connectivity index (χ4n) is 3.76. The van der Waals surface area contributed by atoms with E-state index in [4.69, 9.17) is 9.47 Å². The molecule has 0 radical (unpaired) electrons. The largest absolute Gasteiger partial charge is 0.507 e. The highest BCUT2D eigenvalue weighted by atomic mass is 35.5. The van der Waals surface area contributed by atoms with Crippen molar-refractivity contribution in [3.8, 4) is 29.1 Å². The number of nitrogens with one attached hydrogen (secondary N) is 1. The number of phenols is 1. The van der Waals surface area contributed by atoms with Crippen molar-refractivity contribution in [2.75, 3.05) is 18.5 Å². The van der Waals surface area contributed by atoms with Gasteiger partial charge >= 0.3 is 0 Å². The molecule has 0 bridgehead atoms. The summed E-state index contributed by atoms with van der Waals surface area (Å²) in [4.78, 5) is 0. The smallest absolute Gasteiger partial charge is 0.167 e. The fraction of sp³-hybridized carbons (Fsp3) is 0.391. The Morgan fingerprint density at radius 3 is 2.66 bits per heavy atom. The highest BCUT2D eigenvalue weighted by Gasteiger charge is 2.33. The van der Waals surface area contributed by atoms with Gasteiger partial charge < -0.3 is 25.4 Å². The SMILES string of the molecule is Cc1c(C)c2c(c(C)c1O)CCC(C)(C#Cc1ccc3c(c1)NCCO3)O2.Cl.O. The zero-order chi connectivity index (χ0) is 19.2. The lowest BCUT2D eigenvalue weighted by atomic mass is 9.87. The van der Waals surface area contributed by atoms with Crippen LogP contribution in [0.2, 0.25) is 0 Å². The Labute approximate surface area is 178 Å². The summed E-state index contributed by atoms with van der Waals surface area (Å²) in [6, 6.07) is 5.97. The van der Waals surface area contributed by atoms with Crippen molar-refractivity contribution >= 4 is 18.1 Å². The summed E-state index contributed by atoms with van der Waals surface area (Å²) in [6.45, 7) is 9.44. The molecule has 0 saturated heterocycles. The van der Waals surface area contributed by atoms with Gasteiger partial charge in [-0.1, -0.05) is 11.8 Å². The van der Waals surface area contributed by atoms with Crippen molar-refractivity contribution in [1.29, 1.82) is 0 Å². The summed E-state index contributed by atoms with van der Waals surface area (Å²) in [7, 11) is 0. The monoisotopic (exact) mass is 417 g/mol. The minimum atomic E-state index is -0.548. The Hall–Kier alpha value is -2.55. The van der Waals surface area contributed by atoms with Crippen LogP contribution in [0.3, 0.4) is 0 Å². The second-order valence-corrected chi connectivity index (χ2v) is 7.60. The number of halogens is 1. The van der Waals surface area contributed by atoms with Gasteiger partial charge in [-0.15, -0.1) is 12.4 Å². The summed E-state index contributed by atoms with van der Waals surface area (Å²) in [5.74, 6) is 8.76. The van der Waals surface area contributed by atoms with Gasteiger partial charge in [-0.3, -0.25) is 0 Å². The molecule has 6 heteroatoms. The van der Waals surface area contributed by atoms with E-state index in [2.05, 4.69) is 17.2 Å². The lowest BCUT2D eigenvalue weighted by Crippen LogP contribution is -2.35. The third-order valence-electron chi connectivity index (χ3n) is 5.65. The number of aromatic hydroxyl groups is 1. The molecule has 0 amide bonds. The van der Waals surface area contributed by atoms with Crippen molar-refractivity contribution in [2.45, 2.75) is 46.1 Å². The molecule has 0 fully saturated rings. The average Bonchev–Trinajstić information content (AvgIpc) is 2.69. The third-order valence-corrected chi connectivity index (χ3v) is 5.65. The number of ether oxygens (including phenoxy) is 2. The normalized spacial score (nSPS) is 18.8. The fourth-order valence-corrected chi connectivity index (χ4v) is 3.76. The maximum Gasteiger partial charge on any atom is 0.167 e. The predicted octanol–water partition coefficient (Wildman–Crippen LogP) is 3.85. The quantitative estimate of drug-likeness (QED) is 0.638. The van der Waals surface area contributed by atoms with E-state index in [9.17, 15) is 5.11 Å². The maximum atomic E-state index is 10.3. The Morgan fingerprint density at radius 2 is 1.90 bits per heavy atom. The van der Waals surface area contributed by atoms with E-state index in [0.717, 1.165) is 64.4 Å². The van der Waals surface area contributed by atoms with Crippen LogP contribution in [0.5, 0.6) is 17.2 Å². The molecule has 0 aromatic heterocycles. The lowest BCUT2D eigenvalue weighted by molar-refractivity contribution is 0.122. The molecule has 2 aromatic carbocycles. The number of hydrogen-bond donors (Lipinski definition) is 2. The van der Waals surface area contributed by atoms with Gasteiger partial charge in [0, 0.05) is 24.1 Å². The molecule has 1 atom stereocenters. The molecule has 4 rings (SSSR count). The standard InChI is InChI=1S/C23H25NO3.ClH.H2O/c1-14-15(2)22-18(16(3)21(14)25)8-10-23(4,27-22)9-7-17-5-6-20-19(13-17)24-11-12-26-20;;/h5-6,13,24-25H,8,10-12H2,1-4H3;1H;1H2. The van der Waals surface area contributed by atoms with E-state index in [1.165, 1.54) is 0 Å². The number of anilines is 1. The van der Waals surface area contributed by atoms with Crippen LogP contribution in [0.1, 0.15) is 41.2 Å². The van der Waals surface area contributed by atoms with Gasteiger partial charge in [0.05, 0.1) is 5.69 Å². The topological polar surface area (TPSA) is 82.2 Å². The van der Waals surface area contributed by atoms with Crippen LogP contribution in [0.15, 0.2) is 18.2 Å². The minimum absolute atomic E-state index is 0. The molecule has 2 aliphatic rings. The Bertz CT molecular complexity index is 993. The van der Waals surface area contributed by atoms with Gasteiger partial charge in [0.1, 0.15) is 23.9 Å². The molecule has 29 heavy (non-hydrogen) atoms. The van der Waals surface area contributed by atoms with Crippen LogP contribution in [0, 0.1) is 32.6 Å². The molecule has 0 aliphatic carbocycles. The van der Waals surface area contributed by atoms with Crippen LogP contribution < -0.4 is 14.8 Å². The second kappa shape index (κ2) is 8.44. The van der Waals surface area contributed by atoms with Gasteiger partial charge in [0.15, 0.2) is 5.60 Å². The van der Waals surface area contributed by atoms with E-state index < -0.39 is 5.60 Å². The van der Waals surface area contributed by atoms with E-state index in [-0.39, 0.29) is 17.9 Å². The Morgan fingerprint density at radius 1 is 1.14 bits per heavy atom. The molecule has 0 saturated carbocycles. The first kappa shape index (κ1) is 22.7. The highest BCUT2D eigenvalue weighted by Crippen LogP contribution is 2.43. The van der Waals surface area contributed by atoms with Gasteiger partial charge in [0.2, 0.25) is 0 Å². The first-order chi connectivity index (χ1) is 12.9. The Kier molecular flexibility index (Phi) is 6.62. The zero-order valence-electron chi connectivity index (χ0n) is 17.2. The summed E-state index contributed by atoms with van der Waals surface area (Å²) >= 11 is 0. The highest BCUT2D eigenvalue weighted by molar-refractivity contribution is 5.85. The number of rotatable bonds is 0. The van der Waals surface area contributed by atoms with Crippen molar-refractivity contribution in [3.63, 3.8) is 0 Å². The number of phenolic OH excluding ortho intramolecular Hbond substituents is 1. The van der Waals surface area contributed by atoms with Crippen molar-refractivity contribution < 1.29 is 20.1 Å². The van der Waals surface area contributed by atoms with E-state index >= 15 is 0 Å². The van der Waals surface area contributed by atoms with Gasteiger partial charge in [-0.2, -0.15) is 0 Å². The zero-order valence-corrected chi connectivity index (χ0v) is 18.0. The van der Waals surface area contributed by atoms with Crippen LogP contribution in [-0.4, -0.2) is 29.3 Å². The van der Waals surface area contributed by atoms with E-state index in [1.807, 2.05) is 45.9 Å². The van der Waals surface area contributed by atoms with Crippen LogP contribution >= 0.6 is 12.4 Å². The summed E-state index contributed by atoms with van der Waals surface area (Å²) in [5.41, 5.74) is 5.28. The summed E-state index contributed by atoms with van der Waals surface area (Å²) in [6.07, 6.45) is 1.64. The molecule has 4 N–H and O–H groups in total. The molecular formula is C23H28ClNO4. The molecular weight excluding hydrogens is 390 g/mol. The first-order valence-electron chi connectivity index (χ1n) is 9.42. The van der Waals surface area contributed by atoms with Gasteiger partial charge in [-0.05, 0) is 69.0 Å². The summed E-state index contributed by atoms with van der Waals surface area (Å²) < 4.78 is 12.0. The van der Waals surface area contributed by atoms with Crippen molar-refractivity contribution in [1.82, 2.24) is 0 Å². The lowest BCUT2D eigenvalue weighted by Gasteiger charge is -2.34. The number of hydrogen-bond acceptors (Lipinski definition) is 4. The molecule has 0 spiro atoms. The molecule has 2 heterocycles. The first-order valence-corrected chi connectivity index (χ1v) is 9.42. The predicted molar refractivity (Wildman–Crippen MR) is 118 cm³/mol. The van der Waals surface area contributed by atoms with Crippen LogP contribution in [0.25, 0.3) is 0 Å². The van der Waals surface area contributed by atoms with Crippen molar-refractivity contribution in [3.05, 3.63) is 46.0 Å². The molecule has 156 valence electrons. The van der Waals surface area contributed by atoms with Gasteiger partial charge in [-0.25, -0.2) is 0 Å². The third kappa shape index (κ3) is 4.10. The molecule has 2 aliphatic heterocycles. The van der Waals surface area contributed by atoms with Gasteiger partial charge in [0.25, 0.3) is 0 Å². The Balaban J connectivity index is 0.00000150. The van der Waals surface area contributed by atoms with Crippen molar-refractivity contribution in [2.24, 2.45) is 0 Å². The molecule has 2 aromatic rings. The van der Waals surface area contributed by atoms with E-state index in [1.54, 1.807) is 0 Å². The second-order valence-electron chi connectivity index (χ2n) is 7.60. The van der Waals surface area contributed by atoms with E-state index in [0.29, 0.717) is 12.4 Å². The minimum Gasteiger partial charge on any atom is -0.507 e. The number of benzene rings is 2. The average molecular weight is 418 g/mol. The molecule has 1 unspecified atom stereocenters. The molecule has 5 nitrogen and oxygen atoms in total. The summed E-state index contributed by atoms with van der Waals surface area (Å²) in [5, 5.41) is 13.7. The van der Waals surface area contributed by atoms with Crippen LogP contribution in [0.4, 0.5) is 5.69 Å². The maximum absolute atomic E-state index is 10.3. The van der Waals surface area contributed by atoms with Crippen LogP contribution in [-0.2, 0) is 6.42 Å².